The Morgan fingerprint density at radius 1 is 1.72 bits per heavy atom. The highest BCUT2D eigenvalue weighted by Gasteiger charge is 2.42. The summed E-state index contributed by atoms with van der Waals surface area (Å²) in [6.07, 6.45) is 6.66. The quantitative estimate of drug-likeness (QED) is 0.831. The van der Waals surface area contributed by atoms with Crippen molar-refractivity contribution < 1.29 is 4.79 Å². The fraction of sp³-hybridized carbons (Fsp3) is 0.692. The van der Waals surface area contributed by atoms with E-state index in [1.54, 1.807) is 0 Å². The molecule has 18 heavy (non-hydrogen) atoms. The minimum absolute atomic E-state index is 0.00977. The lowest BCUT2D eigenvalue weighted by Crippen LogP contribution is -2.48. The molecule has 2 unspecified atom stereocenters. The van der Waals surface area contributed by atoms with Crippen molar-refractivity contribution in [3.63, 3.8) is 0 Å². The van der Waals surface area contributed by atoms with Crippen molar-refractivity contribution in [3.05, 3.63) is 18.0 Å². The summed E-state index contributed by atoms with van der Waals surface area (Å²) in [6, 6.07) is -0.00977. The average Bonchev–Trinajstić information content (AvgIpc) is 2.88. The zero-order valence-corrected chi connectivity index (χ0v) is 11.1. The molecule has 5 nitrogen and oxygen atoms in total. The first-order chi connectivity index (χ1) is 8.52. The molecule has 2 rings (SSSR count). The Kier molecular flexibility index (Phi) is 3.71. The van der Waals surface area contributed by atoms with E-state index in [0.717, 1.165) is 24.8 Å². The molecule has 1 aromatic rings. The van der Waals surface area contributed by atoms with Crippen LogP contribution in [0, 0.1) is 12.3 Å². The molecule has 1 aliphatic rings. The smallest absolute Gasteiger partial charge is 0.227 e. The Balaban J connectivity index is 1.81. The molecule has 0 aliphatic heterocycles. The number of nitrogens with zero attached hydrogens (tertiary/aromatic N) is 2. The largest absolute Gasteiger partial charge is 0.354 e. The second-order valence-electron chi connectivity index (χ2n) is 5.45. The van der Waals surface area contributed by atoms with E-state index in [0.29, 0.717) is 13.1 Å². The topological polar surface area (TPSA) is 72.9 Å². The van der Waals surface area contributed by atoms with Gasteiger partial charge in [-0.2, -0.15) is 5.10 Å². The molecule has 0 spiro atoms. The summed E-state index contributed by atoms with van der Waals surface area (Å²) in [5, 5.41) is 7.16. The van der Waals surface area contributed by atoms with Crippen molar-refractivity contribution in [3.8, 4) is 0 Å². The fourth-order valence-corrected chi connectivity index (χ4v) is 2.55. The lowest BCUT2D eigenvalue weighted by atomic mass is 9.84. The van der Waals surface area contributed by atoms with Crippen LogP contribution in [0.25, 0.3) is 0 Å². The van der Waals surface area contributed by atoms with Crippen LogP contribution >= 0.6 is 0 Å². The Morgan fingerprint density at radius 2 is 2.50 bits per heavy atom. The zero-order valence-electron chi connectivity index (χ0n) is 11.1. The molecule has 1 amide bonds. The van der Waals surface area contributed by atoms with Gasteiger partial charge >= 0.3 is 0 Å². The molecule has 1 heterocycles. The summed E-state index contributed by atoms with van der Waals surface area (Å²) in [4.78, 5) is 12.2. The first-order valence-electron chi connectivity index (χ1n) is 6.55. The normalized spacial score (nSPS) is 27.4. The lowest BCUT2D eigenvalue weighted by Gasteiger charge is -2.27. The predicted octanol–water partition coefficient (Wildman–Crippen LogP) is 0.825. The fourth-order valence-electron chi connectivity index (χ4n) is 2.55. The van der Waals surface area contributed by atoms with Crippen LogP contribution in [-0.4, -0.2) is 28.3 Å². The molecule has 0 aromatic carbocycles. The van der Waals surface area contributed by atoms with Gasteiger partial charge in [-0.3, -0.25) is 9.48 Å². The van der Waals surface area contributed by atoms with Gasteiger partial charge in [-0.1, -0.05) is 6.42 Å². The number of aryl methyl sites for hydroxylation is 1. The number of hydrogen-bond donors (Lipinski definition) is 2. The average molecular weight is 250 g/mol. The first kappa shape index (κ1) is 13.1. The summed E-state index contributed by atoms with van der Waals surface area (Å²) < 4.78 is 1.84. The summed E-state index contributed by atoms with van der Waals surface area (Å²) in [6.45, 7) is 5.27. The Labute approximate surface area is 108 Å². The van der Waals surface area contributed by atoms with E-state index in [1.807, 2.05) is 30.9 Å². The first-order valence-corrected chi connectivity index (χ1v) is 6.55. The van der Waals surface area contributed by atoms with E-state index in [1.165, 1.54) is 0 Å². The highest BCUT2D eigenvalue weighted by atomic mass is 16.2. The highest BCUT2D eigenvalue weighted by molar-refractivity contribution is 5.83. The predicted molar refractivity (Wildman–Crippen MR) is 69.9 cm³/mol. The third kappa shape index (κ3) is 2.56. The third-order valence-electron chi connectivity index (χ3n) is 3.94. The van der Waals surface area contributed by atoms with E-state index in [9.17, 15) is 4.79 Å². The maximum Gasteiger partial charge on any atom is 0.227 e. The molecule has 0 bridgehead atoms. The van der Waals surface area contributed by atoms with Gasteiger partial charge < -0.3 is 11.1 Å². The molecule has 1 aliphatic carbocycles. The summed E-state index contributed by atoms with van der Waals surface area (Å²) in [5.74, 6) is 0.0800. The van der Waals surface area contributed by atoms with Crippen molar-refractivity contribution in [1.82, 2.24) is 15.1 Å². The minimum Gasteiger partial charge on any atom is -0.354 e. The van der Waals surface area contributed by atoms with Crippen LogP contribution in [0.1, 0.15) is 31.7 Å². The molecule has 5 heteroatoms. The number of nitrogens with two attached hydrogens (primary N) is 1. The Bertz CT molecular complexity index is 428. The highest BCUT2D eigenvalue weighted by Crippen LogP contribution is 2.36. The molecule has 0 radical (unpaired) electrons. The van der Waals surface area contributed by atoms with Gasteiger partial charge in [-0.15, -0.1) is 0 Å². The zero-order chi connectivity index (χ0) is 13.2. The van der Waals surface area contributed by atoms with Gasteiger partial charge in [-0.05, 0) is 32.3 Å². The standard InChI is InChI=1S/C13H22N4O/c1-10-8-16-17(9-10)7-6-15-12(18)13(2)5-3-4-11(13)14/h8-9,11H,3-7,14H2,1-2H3,(H,15,18). The Morgan fingerprint density at radius 3 is 3.06 bits per heavy atom. The maximum atomic E-state index is 12.2. The number of carbonyl (C=O) groups excluding carboxylic acids is 1. The van der Waals surface area contributed by atoms with Gasteiger partial charge in [0.2, 0.25) is 5.91 Å². The van der Waals surface area contributed by atoms with Crippen molar-refractivity contribution in [1.29, 1.82) is 0 Å². The molecular weight excluding hydrogens is 228 g/mol. The maximum absolute atomic E-state index is 12.2. The van der Waals surface area contributed by atoms with Crippen LogP contribution in [-0.2, 0) is 11.3 Å². The third-order valence-corrected chi connectivity index (χ3v) is 3.94. The van der Waals surface area contributed by atoms with Crippen LogP contribution in [0.2, 0.25) is 0 Å². The van der Waals surface area contributed by atoms with Crippen molar-refractivity contribution in [2.45, 2.75) is 45.7 Å². The van der Waals surface area contributed by atoms with Gasteiger partial charge in [-0.25, -0.2) is 0 Å². The van der Waals surface area contributed by atoms with Crippen LogP contribution in [0.3, 0.4) is 0 Å². The van der Waals surface area contributed by atoms with Crippen molar-refractivity contribution in [2.24, 2.45) is 11.1 Å². The lowest BCUT2D eigenvalue weighted by molar-refractivity contribution is -0.130. The van der Waals surface area contributed by atoms with Gasteiger partial charge in [0, 0.05) is 18.8 Å². The van der Waals surface area contributed by atoms with Crippen LogP contribution in [0.15, 0.2) is 12.4 Å². The van der Waals surface area contributed by atoms with Gasteiger partial charge in [0.25, 0.3) is 0 Å². The number of hydrogen-bond acceptors (Lipinski definition) is 3. The molecule has 1 saturated carbocycles. The molecule has 2 atom stereocenters. The van der Waals surface area contributed by atoms with Crippen molar-refractivity contribution >= 4 is 5.91 Å². The minimum atomic E-state index is -0.389. The molecule has 100 valence electrons. The van der Waals surface area contributed by atoms with Crippen molar-refractivity contribution in [2.75, 3.05) is 6.54 Å². The number of amides is 1. The summed E-state index contributed by atoms with van der Waals surface area (Å²) in [7, 11) is 0. The van der Waals surface area contributed by atoms with Gasteiger partial charge in [0.1, 0.15) is 0 Å². The molecule has 1 fully saturated rings. The second kappa shape index (κ2) is 5.10. The van der Waals surface area contributed by atoms with Crippen LogP contribution in [0.4, 0.5) is 0 Å². The molecule has 1 aromatic heterocycles. The second-order valence-corrected chi connectivity index (χ2v) is 5.45. The monoisotopic (exact) mass is 250 g/mol. The van der Waals surface area contributed by atoms with E-state index in [-0.39, 0.29) is 17.4 Å². The SMILES string of the molecule is Cc1cnn(CCNC(=O)C2(C)CCCC2N)c1. The molecule has 3 N–H and O–H groups in total. The summed E-state index contributed by atoms with van der Waals surface area (Å²) >= 11 is 0. The van der Waals surface area contributed by atoms with E-state index in [2.05, 4.69) is 10.4 Å². The van der Waals surface area contributed by atoms with E-state index < -0.39 is 0 Å². The van der Waals surface area contributed by atoms with Gasteiger partial charge in [0.05, 0.1) is 18.2 Å². The number of carbonyl (C=O) groups is 1. The van der Waals surface area contributed by atoms with Crippen LogP contribution < -0.4 is 11.1 Å². The summed E-state index contributed by atoms with van der Waals surface area (Å²) in [5.41, 5.74) is 6.76. The van der Waals surface area contributed by atoms with Gasteiger partial charge in [0.15, 0.2) is 0 Å². The number of nitrogens with one attached hydrogen (secondary N) is 1. The van der Waals surface area contributed by atoms with E-state index >= 15 is 0 Å². The number of aromatic nitrogens is 2. The Hall–Kier alpha value is -1.36. The molecule has 0 saturated heterocycles. The van der Waals surface area contributed by atoms with E-state index in [4.69, 9.17) is 5.73 Å². The number of rotatable bonds is 4. The molecular formula is C13H22N4O. The van der Waals surface area contributed by atoms with Crippen LogP contribution in [0.5, 0.6) is 0 Å².